The highest BCUT2D eigenvalue weighted by Gasteiger charge is 2.31. The SMILES string of the molecule is CC(C)C1CC(=O)N(Cc2ccsc2C(=O)O)C1. The van der Waals surface area contributed by atoms with Crippen LogP contribution >= 0.6 is 11.3 Å². The lowest BCUT2D eigenvalue weighted by Crippen LogP contribution is -2.25. The summed E-state index contributed by atoms with van der Waals surface area (Å²) >= 11 is 1.21. The van der Waals surface area contributed by atoms with Crippen molar-refractivity contribution in [2.45, 2.75) is 26.8 Å². The number of carbonyl (C=O) groups excluding carboxylic acids is 1. The van der Waals surface area contributed by atoms with Crippen LogP contribution < -0.4 is 0 Å². The van der Waals surface area contributed by atoms with Crippen molar-refractivity contribution in [2.24, 2.45) is 11.8 Å². The highest BCUT2D eigenvalue weighted by molar-refractivity contribution is 7.12. The number of aromatic carboxylic acids is 1. The Hall–Kier alpha value is -1.36. The van der Waals surface area contributed by atoms with Crippen molar-refractivity contribution < 1.29 is 14.7 Å². The summed E-state index contributed by atoms with van der Waals surface area (Å²) in [5.74, 6) is 0.105. The van der Waals surface area contributed by atoms with Crippen LogP contribution in [-0.4, -0.2) is 28.4 Å². The lowest BCUT2D eigenvalue weighted by atomic mass is 9.95. The summed E-state index contributed by atoms with van der Waals surface area (Å²) in [5, 5.41) is 10.8. The van der Waals surface area contributed by atoms with Crippen LogP contribution in [0.4, 0.5) is 0 Å². The molecule has 0 saturated carbocycles. The minimum atomic E-state index is -0.910. The summed E-state index contributed by atoms with van der Waals surface area (Å²) in [6.07, 6.45) is 0.588. The summed E-state index contributed by atoms with van der Waals surface area (Å²) in [4.78, 5) is 25.0. The number of carboxylic acid groups (broad SMARTS) is 1. The van der Waals surface area contributed by atoms with E-state index in [1.807, 2.05) is 0 Å². The van der Waals surface area contributed by atoms with Gasteiger partial charge in [-0.2, -0.15) is 0 Å². The van der Waals surface area contributed by atoms with Gasteiger partial charge in [0.2, 0.25) is 5.91 Å². The quantitative estimate of drug-likeness (QED) is 0.911. The fraction of sp³-hybridized carbons (Fsp3) is 0.538. The Morgan fingerprint density at radius 3 is 2.89 bits per heavy atom. The van der Waals surface area contributed by atoms with Gasteiger partial charge in [0.05, 0.1) is 0 Å². The molecule has 2 rings (SSSR count). The van der Waals surface area contributed by atoms with Crippen LogP contribution in [0.15, 0.2) is 11.4 Å². The maximum absolute atomic E-state index is 11.9. The van der Waals surface area contributed by atoms with Gasteiger partial charge >= 0.3 is 5.97 Å². The molecule has 1 aliphatic rings. The zero-order chi connectivity index (χ0) is 13.3. The van der Waals surface area contributed by atoms with Gasteiger partial charge in [-0.1, -0.05) is 13.8 Å². The fourth-order valence-corrected chi connectivity index (χ4v) is 3.01. The van der Waals surface area contributed by atoms with E-state index in [0.717, 1.165) is 12.1 Å². The van der Waals surface area contributed by atoms with Crippen LogP contribution in [0.3, 0.4) is 0 Å². The van der Waals surface area contributed by atoms with E-state index in [1.54, 1.807) is 16.3 Å². The molecule has 98 valence electrons. The average molecular weight is 267 g/mol. The molecule has 1 aromatic rings. The minimum absolute atomic E-state index is 0.135. The number of amides is 1. The molecule has 0 spiro atoms. The number of hydrogen-bond acceptors (Lipinski definition) is 3. The van der Waals surface area contributed by atoms with Crippen LogP contribution in [0.25, 0.3) is 0 Å². The molecule has 1 atom stereocenters. The maximum atomic E-state index is 11.9. The summed E-state index contributed by atoms with van der Waals surface area (Å²) in [7, 11) is 0. The Bertz CT molecular complexity index is 467. The molecule has 5 heteroatoms. The van der Waals surface area contributed by atoms with E-state index in [1.165, 1.54) is 11.3 Å². The topological polar surface area (TPSA) is 57.6 Å². The summed E-state index contributed by atoms with van der Waals surface area (Å²) in [5.41, 5.74) is 0.741. The second-order valence-corrected chi connectivity index (χ2v) is 5.98. The third kappa shape index (κ3) is 2.56. The number of rotatable bonds is 4. The van der Waals surface area contributed by atoms with Crippen LogP contribution in [0.1, 0.15) is 35.5 Å². The Kier molecular flexibility index (Phi) is 3.71. The Labute approximate surface area is 110 Å². The highest BCUT2D eigenvalue weighted by Crippen LogP contribution is 2.27. The summed E-state index contributed by atoms with van der Waals surface area (Å²) in [6.45, 7) is 5.40. The molecule has 1 saturated heterocycles. The number of likely N-dealkylation sites (tertiary alicyclic amines) is 1. The molecule has 1 fully saturated rings. The van der Waals surface area contributed by atoms with Crippen LogP contribution in [0, 0.1) is 11.8 Å². The van der Waals surface area contributed by atoms with Crippen molar-refractivity contribution in [1.82, 2.24) is 4.90 Å². The monoisotopic (exact) mass is 267 g/mol. The smallest absolute Gasteiger partial charge is 0.346 e. The van der Waals surface area contributed by atoms with Gasteiger partial charge in [-0.05, 0) is 28.8 Å². The predicted octanol–water partition coefficient (Wildman–Crippen LogP) is 2.45. The van der Waals surface area contributed by atoms with Crippen molar-refractivity contribution in [3.63, 3.8) is 0 Å². The first-order chi connectivity index (χ1) is 8.49. The Balaban J connectivity index is 2.08. The molecule has 2 heterocycles. The van der Waals surface area contributed by atoms with Gasteiger partial charge in [0.25, 0.3) is 0 Å². The van der Waals surface area contributed by atoms with Crippen molar-refractivity contribution in [3.8, 4) is 0 Å². The van der Waals surface area contributed by atoms with Crippen LogP contribution in [0.2, 0.25) is 0 Å². The standard InChI is InChI=1S/C13H17NO3S/c1-8(2)10-5-11(15)14(7-10)6-9-3-4-18-12(9)13(16)17/h3-4,8,10H,5-7H2,1-2H3,(H,16,17). The van der Waals surface area contributed by atoms with E-state index in [9.17, 15) is 9.59 Å². The van der Waals surface area contributed by atoms with Crippen molar-refractivity contribution in [3.05, 3.63) is 21.9 Å². The zero-order valence-electron chi connectivity index (χ0n) is 10.5. The first-order valence-electron chi connectivity index (χ1n) is 6.06. The lowest BCUT2D eigenvalue weighted by molar-refractivity contribution is -0.128. The molecule has 1 unspecified atom stereocenters. The molecule has 0 radical (unpaired) electrons. The van der Waals surface area contributed by atoms with Gasteiger partial charge in [0, 0.05) is 19.5 Å². The van der Waals surface area contributed by atoms with Gasteiger partial charge in [0.1, 0.15) is 4.88 Å². The first kappa shape index (κ1) is 13.1. The second kappa shape index (κ2) is 5.10. The molecule has 1 amide bonds. The molecule has 1 aliphatic heterocycles. The number of carboxylic acids is 1. The van der Waals surface area contributed by atoms with E-state index in [2.05, 4.69) is 13.8 Å². The number of thiophene rings is 1. The third-order valence-corrected chi connectivity index (χ3v) is 4.43. The van der Waals surface area contributed by atoms with E-state index in [-0.39, 0.29) is 5.91 Å². The summed E-state index contributed by atoms with van der Waals surface area (Å²) < 4.78 is 0. The van der Waals surface area contributed by atoms with Crippen molar-refractivity contribution >= 4 is 23.2 Å². The number of carbonyl (C=O) groups is 2. The van der Waals surface area contributed by atoms with E-state index in [0.29, 0.717) is 29.7 Å². The molecule has 0 aromatic carbocycles. The molecule has 0 aliphatic carbocycles. The van der Waals surface area contributed by atoms with Gasteiger partial charge in [0.15, 0.2) is 0 Å². The van der Waals surface area contributed by atoms with Gasteiger partial charge in [-0.3, -0.25) is 4.79 Å². The van der Waals surface area contributed by atoms with Crippen molar-refractivity contribution in [1.29, 1.82) is 0 Å². The third-order valence-electron chi connectivity index (χ3n) is 3.49. The van der Waals surface area contributed by atoms with E-state index < -0.39 is 5.97 Å². The average Bonchev–Trinajstić information content (AvgIpc) is 2.87. The fourth-order valence-electron chi connectivity index (χ4n) is 2.26. The highest BCUT2D eigenvalue weighted by atomic mass is 32.1. The normalized spacial score (nSPS) is 19.8. The van der Waals surface area contributed by atoms with Crippen molar-refractivity contribution in [2.75, 3.05) is 6.54 Å². The molecule has 1 aromatic heterocycles. The maximum Gasteiger partial charge on any atom is 0.346 e. The minimum Gasteiger partial charge on any atom is -0.477 e. The Morgan fingerprint density at radius 2 is 2.33 bits per heavy atom. The predicted molar refractivity (Wildman–Crippen MR) is 69.6 cm³/mol. The van der Waals surface area contributed by atoms with Crippen LogP contribution in [0.5, 0.6) is 0 Å². The summed E-state index contributed by atoms with van der Waals surface area (Å²) in [6, 6.07) is 1.80. The van der Waals surface area contributed by atoms with E-state index >= 15 is 0 Å². The molecular weight excluding hydrogens is 250 g/mol. The second-order valence-electron chi connectivity index (χ2n) is 5.06. The number of hydrogen-bond donors (Lipinski definition) is 1. The van der Waals surface area contributed by atoms with Crippen LogP contribution in [-0.2, 0) is 11.3 Å². The molecule has 4 nitrogen and oxygen atoms in total. The lowest BCUT2D eigenvalue weighted by Gasteiger charge is -2.17. The zero-order valence-corrected chi connectivity index (χ0v) is 11.4. The van der Waals surface area contributed by atoms with E-state index in [4.69, 9.17) is 5.11 Å². The number of nitrogens with zero attached hydrogens (tertiary/aromatic N) is 1. The van der Waals surface area contributed by atoms with Gasteiger partial charge in [-0.25, -0.2) is 4.79 Å². The molecule has 18 heavy (non-hydrogen) atoms. The molecule has 1 N–H and O–H groups in total. The molecular formula is C13H17NO3S. The van der Waals surface area contributed by atoms with Gasteiger partial charge in [-0.15, -0.1) is 11.3 Å². The first-order valence-corrected chi connectivity index (χ1v) is 6.94. The molecule has 0 bridgehead atoms. The Morgan fingerprint density at radius 1 is 1.61 bits per heavy atom. The largest absolute Gasteiger partial charge is 0.477 e. The van der Waals surface area contributed by atoms with Gasteiger partial charge < -0.3 is 10.0 Å².